The molecule has 17 nitrogen and oxygen atoms in total. The largest absolute Gasteiger partial charge is 0.472 e. The molecule has 0 aliphatic heterocycles. The van der Waals surface area contributed by atoms with E-state index in [9.17, 15) is 43.2 Å². The fourth-order valence-electron chi connectivity index (χ4n) is 10.5. The average Bonchev–Trinajstić information content (AvgIpc) is 3.55. The molecule has 528 valence electrons. The molecule has 0 aromatic heterocycles. The molecule has 6 atom stereocenters. The molecule has 0 heterocycles. The lowest BCUT2D eigenvalue weighted by Gasteiger charge is -2.21. The van der Waals surface area contributed by atoms with Crippen LogP contribution in [0.2, 0.25) is 0 Å². The number of aliphatic hydroxyl groups is 1. The molecule has 0 aliphatic rings. The van der Waals surface area contributed by atoms with Gasteiger partial charge in [-0.2, -0.15) is 0 Å². The molecule has 0 aliphatic carbocycles. The fraction of sp³-hybridized carbons (Fsp3) is 0.943. The second-order valence-electron chi connectivity index (χ2n) is 26.5. The molecule has 0 spiro atoms. The Morgan fingerprint density at radius 3 is 0.854 bits per heavy atom. The molecular weight excluding hydrogens is 1170 g/mol. The maximum absolute atomic E-state index is 13.0. The van der Waals surface area contributed by atoms with Gasteiger partial charge in [0.2, 0.25) is 0 Å². The Kier molecular flexibility index (Phi) is 59.6. The molecule has 0 aromatic carbocycles. The van der Waals surface area contributed by atoms with Crippen LogP contribution in [0, 0.1) is 17.8 Å². The maximum Gasteiger partial charge on any atom is 0.472 e. The van der Waals surface area contributed by atoms with Crippen molar-refractivity contribution < 1.29 is 80.2 Å². The number of carbonyl (C=O) groups is 4. The Bertz CT molecular complexity index is 1750. The smallest absolute Gasteiger partial charge is 0.462 e. The summed E-state index contributed by atoms with van der Waals surface area (Å²) in [6.45, 7) is 11.8. The number of ether oxygens (including phenoxy) is 4. The molecule has 0 saturated carbocycles. The second kappa shape index (κ2) is 61.0. The van der Waals surface area contributed by atoms with Gasteiger partial charge in [0.15, 0.2) is 12.2 Å². The summed E-state index contributed by atoms with van der Waals surface area (Å²) >= 11 is 0. The number of hydrogen-bond acceptors (Lipinski definition) is 15. The summed E-state index contributed by atoms with van der Waals surface area (Å²) in [5.41, 5.74) is 0. The summed E-state index contributed by atoms with van der Waals surface area (Å²) in [7, 11) is -9.90. The van der Waals surface area contributed by atoms with Gasteiger partial charge in [-0.25, -0.2) is 9.13 Å². The second-order valence-corrected chi connectivity index (χ2v) is 29.4. The van der Waals surface area contributed by atoms with Gasteiger partial charge in [-0.3, -0.25) is 37.3 Å². The lowest BCUT2D eigenvalue weighted by molar-refractivity contribution is -0.161. The summed E-state index contributed by atoms with van der Waals surface area (Å²) in [4.78, 5) is 72.5. The highest BCUT2D eigenvalue weighted by atomic mass is 31.2. The molecule has 0 saturated heterocycles. The topological polar surface area (TPSA) is 237 Å². The minimum Gasteiger partial charge on any atom is -0.462 e. The van der Waals surface area contributed by atoms with Crippen LogP contribution < -0.4 is 0 Å². The van der Waals surface area contributed by atoms with Crippen LogP contribution in [0.4, 0.5) is 0 Å². The maximum atomic E-state index is 13.0. The minimum absolute atomic E-state index is 0.104. The van der Waals surface area contributed by atoms with Crippen molar-refractivity contribution in [1.82, 2.24) is 0 Å². The third-order valence-corrected chi connectivity index (χ3v) is 18.4. The molecule has 0 aromatic rings. The van der Waals surface area contributed by atoms with Crippen LogP contribution in [0.3, 0.4) is 0 Å². The Labute approximate surface area is 543 Å². The van der Waals surface area contributed by atoms with Crippen LogP contribution >= 0.6 is 15.6 Å². The van der Waals surface area contributed by atoms with E-state index >= 15 is 0 Å². The number of rotatable bonds is 68. The van der Waals surface area contributed by atoms with Gasteiger partial charge in [-0.15, -0.1) is 0 Å². The van der Waals surface area contributed by atoms with Crippen molar-refractivity contribution in [2.45, 2.75) is 369 Å². The number of phosphoric acid groups is 2. The predicted molar refractivity (Wildman–Crippen MR) is 358 cm³/mol. The standard InChI is InChI=1S/C70H136O17P2/c1-8-10-11-12-13-14-21-30-37-44-51-67(72)80-57-66(87-70(75)54-47-40-33-25-23-28-35-42-49-62(5)6)60-85-89(78,79)83-56-64(71)55-82-88(76,77)84-59-65(58-81-68(73)52-45-38-31-26-24-29-36-43-50-63(7)9-2)86-69(74)53-46-39-32-22-19-17-15-16-18-20-27-34-41-48-61(3)4/h61-66,71H,8-60H2,1-7H3,(H,76,77)(H,78,79)/t63?,64-,65-,66-/m1/s1. The lowest BCUT2D eigenvalue weighted by atomic mass is 9.99. The minimum atomic E-state index is -4.95. The summed E-state index contributed by atoms with van der Waals surface area (Å²) in [6.07, 6.45) is 44.4. The van der Waals surface area contributed by atoms with Crippen LogP contribution in [0.15, 0.2) is 0 Å². The van der Waals surface area contributed by atoms with Crippen molar-refractivity contribution in [3.8, 4) is 0 Å². The fourth-order valence-corrected chi connectivity index (χ4v) is 12.1. The van der Waals surface area contributed by atoms with E-state index < -0.39 is 97.5 Å². The van der Waals surface area contributed by atoms with Gasteiger partial charge < -0.3 is 33.8 Å². The summed E-state index contributed by atoms with van der Waals surface area (Å²) in [5.74, 6) is 0.155. The highest BCUT2D eigenvalue weighted by molar-refractivity contribution is 7.47. The first kappa shape index (κ1) is 87.1. The van der Waals surface area contributed by atoms with Crippen LogP contribution in [0.5, 0.6) is 0 Å². The van der Waals surface area contributed by atoms with Gasteiger partial charge in [0.05, 0.1) is 26.4 Å². The first-order valence-electron chi connectivity index (χ1n) is 36.4. The zero-order valence-corrected chi connectivity index (χ0v) is 59.7. The van der Waals surface area contributed by atoms with Gasteiger partial charge >= 0.3 is 39.5 Å². The van der Waals surface area contributed by atoms with Gasteiger partial charge in [-0.05, 0) is 43.4 Å². The average molecular weight is 1310 g/mol. The number of hydrogen-bond donors (Lipinski definition) is 3. The van der Waals surface area contributed by atoms with Crippen LogP contribution in [-0.2, 0) is 65.4 Å². The predicted octanol–water partition coefficient (Wildman–Crippen LogP) is 19.8. The van der Waals surface area contributed by atoms with Gasteiger partial charge in [0.1, 0.15) is 19.3 Å². The zero-order chi connectivity index (χ0) is 65.9. The van der Waals surface area contributed by atoms with E-state index in [4.69, 9.17) is 37.0 Å². The monoisotopic (exact) mass is 1310 g/mol. The van der Waals surface area contributed by atoms with Gasteiger partial charge in [-0.1, -0.05) is 299 Å². The van der Waals surface area contributed by atoms with Crippen molar-refractivity contribution in [3.63, 3.8) is 0 Å². The zero-order valence-electron chi connectivity index (χ0n) is 57.9. The van der Waals surface area contributed by atoms with E-state index in [1.807, 2.05) is 0 Å². The molecular formula is C70H136O17P2. The van der Waals surface area contributed by atoms with E-state index in [2.05, 4.69) is 48.5 Å². The highest BCUT2D eigenvalue weighted by Gasteiger charge is 2.30. The van der Waals surface area contributed by atoms with E-state index in [-0.39, 0.29) is 25.7 Å². The molecule has 0 fully saturated rings. The van der Waals surface area contributed by atoms with Crippen molar-refractivity contribution in [1.29, 1.82) is 0 Å². The number of phosphoric ester groups is 2. The molecule has 0 rings (SSSR count). The van der Waals surface area contributed by atoms with E-state index in [0.717, 1.165) is 108 Å². The van der Waals surface area contributed by atoms with E-state index in [1.54, 1.807) is 0 Å². The Morgan fingerprint density at radius 1 is 0.326 bits per heavy atom. The highest BCUT2D eigenvalue weighted by Crippen LogP contribution is 2.45. The van der Waals surface area contributed by atoms with E-state index in [1.165, 1.54) is 161 Å². The SMILES string of the molecule is CCCCCCCCCCCCC(=O)OC[C@H](COP(=O)(O)OC[C@H](O)COP(=O)(O)OC[C@@H](COC(=O)CCCCCCCCCCC(C)CC)OC(=O)CCCCCCCCCCCCCCCC(C)C)OC(=O)CCCCCCCCCCC(C)C. The van der Waals surface area contributed by atoms with E-state index in [0.29, 0.717) is 25.7 Å². The molecule has 0 amide bonds. The molecule has 89 heavy (non-hydrogen) atoms. The van der Waals surface area contributed by atoms with Crippen LogP contribution in [0.1, 0.15) is 350 Å². The van der Waals surface area contributed by atoms with Crippen molar-refractivity contribution in [3.05, 3.63) is 0 Å². The number of aliphatic hydroxyl groups excluding tert-OH is 1. The van der Waals surface area contributed by atoms with Crippen molar-refractivity contribution in [2.75, 3.05) is 39.6 Å². The van der Waals surface area contributed by atoms with Gasteiger partial charge in [0, 0.05) is 25.7 Å². The van der Waals surface area contributed by atoms with Crippen molar-refractivity contribution in [2.24, 2.45) is 17.8 Å². The third-order valence-electron chi connectivity index (χ3n) is 16.5. The lowest BCUT2D eigenvalue weighted by Crippen LogP contribution is -2.30. The van der Waals surface area contributed by atoms with Crippen molar-refractivity contribution >= 4 is 39.5 Å². The molecule has 0 radical (unpaired) electrons. The molecule has 3 unspecified atom stereocenters. The Balaban J connectivity index is 5.25. The Morgan fingerprint density at radius 2 is 0.573 bits per heavy atom. The quantitative estimate of drug-likeness (QED) is 0.0222. The third kappa shape index (κ3) is 63.2. The number of carbonyl (C=O) groups excluding carboxylic acids is 4. The Hall–Kier alpha value is -1.94. The number of unbranched alkanes of at least 4 members (excludes halogenated alkanes) is 35. The summed E-state index contributed by atoms with van der Waals surface area (Å²) in [5, 5.41) is 10.6. The first-order valence-corrected chi connectivity index (χ1v) is 39.4. The number of esters is 4. The molecule has 19 heteroatoms. The van der Waals surface area contributed by atoms with Crippen LogP contribution in [0.25, 0.3) is 0 Å². The van der Waals surface area contributed by atoms with Gasteiger partial charge in [0.25, 0.3) is 0 Å². The summed E-state index contributed by atoms with van der Waals surface area (Å²) < 4.78 is 68.3. The molecule has 0 bridgehead atoms. The summed E-state index contributed by atoms with van der Waals surface area (Å²) in [6, 6.07) is 0. The first-order chi connectivity index (χ1) is 42.8. The normalized spacial score (nSPS) is 14.5. The molecule has 3 N–H and O–H groups in total. The van der Waals surface area contributed by atoms with Crippen LogP contribution in [-0.4, -0.2) is 96.7 Å².